The van der Waals surface area contributed by atoms with Crippen molar-refractivity contribution >= 4 is 34.0 Å². The predicted octanol–water partition coefficient (Wildman–Crippen LogP) is 3.81. The van der Waals surface area contributed by atoms with Gasteiger partial charge in [-0.15, -0.1) is 16.4 Å². The Balaban J connectivity index is 1.43. The molecule has 2 aromatic heterocycles. The highest BCUT2D eigenvalue weighted by atomic mass is 32.2. The molecule has 1 aliphatic carbocycles. The molecule has 0 spiro atoms. The Kier molecular flexibility index (Phi) is 4.97. The first kappa shape index (κ1) is 17.8. The number of aromatic nitrogens is 3. The lowest BCUT2D eigenvalue weighted by Crippen LogP contribution is -2.22. The Morgan fingerprint density at radius 2 is 2.19 bits per heavy atom. The number of rotatable bonds is 5. The first-order valence-electron chi connectivity index (χ1n) is 8.65. The van der Waals surface area contributed by atoms with Gasteiger partial charge < -0.3 is 5.32 Å². The van der Waals surface area contributed by atoms with Crippen molar-refractivity contribution in [2.75, 3.05) is 5.32 Å². The third-order valence-electron chi connectivity index (χ3n) is 4.41. The van der Waals surface area contributed by atoms with Gasteiger partial charge >= 0.3 is 0 Å². The Morgan fingerprint density at radius 3 is 2.96 bits per heavy atom. The van der Waals surface area contributed by atoms with Crippen molar-refractivity contribution in [1.82, 2.24) is 14.8 Å². The lowest BCUT2D eigenvalue weighted by Gasteiger charge is -2.09. The summed E-state index contributed by atoms with van der Waals surface area (Å²) in [4.78, 5) is 18.1. The molecule has 0 aliphatic heterocycles. The first-order valence-corrected chi connectivity index (χ1v) is 10.3. The summed E-state index contributed by atoms with van der Waals surface area (Å²) in [6, 6.07) is 12.0. The quantitative estimate of drug-likeness (QED) is 0.664. The molecule has 4 rings (SSSR count). The van der Waals surface area contributed by atoms with Crippen LogP contribution in [0.5, 0.6) is 0 Å². The van der Waals surface area contributed by atoms with E-state index in [-0.39, 0.29) is 11.2 Å². The molecule has 136 valence electrons. The zero-order valence-electron chi connectivity index (χ0n) is 14.7. The molecule has 0 fully saturated rings. The van der Waals surface area contributed by atoms with Crippen LogP contribution in [0, 0.1) is 11.3 Å². The number of nitrogens with one attached hydrogen (secondary N) is 1. The molecule has 2 heterocycles. The summed E-state index contributed by atoms with van der Waals surface area (Å²) in [5.74, 6) is -0.146. The van der Waals surface area contributed by atoms with Crippen LogP contribution in [0.15, 0.2) is 41.8 Å². The molecular weight excluding hydrogens is 378 g/mol. The number of hydrogen-bond donors (Lipinski definition) is 1. The van der Waals surface area contributed by atoms with Gasteiger partial charge in [0.2, 0.25) is 11.1 Å². The van der Waals surface area contributed by atoms with E-state index in [0.717, 1.165) is 30.5 Å². The van der Waals surface area contributed by atoms with Gasteiger partial charge in [-0.25, -0.2) is 9.67 Å². The molecule has 0 saturated heterocycles. The van der Waals surface area contributed by atoms with Gasteiger partial charge in [-0.2, -0.15) is 5.26 Å². The number of nitrogens with zero attached hydrogens (tertiary/aromatic N) is 4. The molecule has 0 bridgehead atoms. The summed E-state index contributed by atoms with van der Waals surface area (Å²) in [6.45, 7) is 1.82. The van der Waals surface area contributed by atoms with Crippen molar-refractivity contribution in [1.29, 1.82) is 5.26 Å². The highest BCUT2D eigenvalue weighted by Crippen LogP contribution is 2.38. The Bertz CT molecular complexity index is 1020. The smallest absolute Gasteiger partial charge is 0.238 e. The molecule has 1 amide bonds. The number of anilines is 1. The summed E-state index contributed by atoms with van der Waals surface area (Å²) in [6.07, 6.45) is 4.65. The van der Waals surface area contributed by atoms with Crippen molar-refractivity contribution in [3.8, 4) is 11.8 Å². The Morgan fingerprint density at radius 1 is 1.37 bits per heavy atom. The number of benzene rings is 1. The fourth-order valence-corrected chi connectivity index (χ4v) is 5.01. The lowest BCUT2D eigenvalue weighted by atomic mass is 10.1. The van der Waals surface area contributed by atoms with Crippen LogP contribution in [-0.4, -0.2) is 25.9 Å². The van der Waals surface area contributed by atoms with Crippen LogP contribution >= 0.6 is 23.1 Å². The number of amides is 1. The van der Waals surface area contributed by atoms with E-state index in [0.29, 0.717) is 15.7 Å². The van der Waals surface area contributed by atoms with Crippen molar-refractivity contribution in [2.45, 2.75) is 36.6 Å². The maximum atomic E-state index is 12.6. The Hall–Kier alpha value is -2.63. The van der Waals surface area contributed by atoms with Crippen molar-refractivity contribution in [3.63, 3.8) is 0 Å². The SMILES string of the molecule is C[C@H](Sc1ncn(-c2ccccc2)n1)C(=O)Nc1sc2c(c1C#N)CCC2. The molecular formula is C19H17N5OS2. The number of nitriles is 1. The number of hydrogen-bond acceptors (Lipinski definition) is 6. The van der Waals surface area contributed by atoms with Gasteiger partial charge in [0.25, 0.3) is 0 Å². The van der Waals surface area contributed by atoms with E-state index in [9.17, 15) is 10.1 Å². The van der Waals surface area contributed by atoms with Crippen molar-refractivity contribution in [3.05, 3.63) is 52.7 Å². The van der Waals surface area contributed by atoms with E-state index in [1.165, 1.54) is 28.0 Å². The molecule has 1 atom stereocenters. The van der Waals surface area contributed by atoms with Gasteiger partial charge in [0.15, 0.2) is 0 Å². The minimum atomic E-state index is -0.375. The maximum absolute atomic E-state index is 12.6. The number of para-hydroxylation sites is 1. The van der Waals surface area contributed by atoms with Gasteiger partial charge in [-0.3, -0.25) is 4.79 Å². The largest absolute Gasteiger partial charge is 0.316 e. The number of thioether (sulfide) groups is 1. The predicted molar refractivity (Wildman–Crippen MR) is 106 cm³/mol. The van der Waals surface area contributed by atoms with Crippen molar-refractivity contribution < 1.29 is 4.79 Å². The van der Waals surface area contributed by atoms with Gasteiger partial charge in [-0.05, 0) is 43.9 Å². The van der Waals surface area contributed by atoms with Gasteiger partial charge in [0.1, 0.15) is 17.4 Å². The fraction of sp³-hybridized carbons (Fsp3) is 0.263. The van der Waals surface area contributed by atoms with Crippen LogP contribution in [0.4, 0.5) is 5.00 Å². The van der Waals surface area contributed by atoms with Crippen LogP contribution in [0.3, 0.4) is 0 Å². The molecule has 1 aliphatic rings. The molecule has 8 heteroatoms. The van der Waals surface area contributed by atoms with Crippen LogP contribution in [0.2, 0.25) is 0 Å². The molecule has 0 saturated carbocycles. The fourth-order valence-electron chi connectivity index (χ4n) is 3.04. The summed E-state index contributed by atoms with van der Waals surface area (Å²) in [5.41, 5.74) is 2.66. The second-order valence-corrected chi connectivity index (χ2v) is 8.64. The lowest BCUT2D eigenvalue weighted by molar-refractivity contribution is -0.115. The van der Waals surface area contributed by atoms with E-state index >= 15 is 0 Å². The Labute approximate surface area is 165 Å². The number of aryl methyl sites for hydroxylation is 1. The minimum absolute atomic E-state index is 0.146. The number of fused-ring (bicyclic) bond motifs is 1. The van der Waals surface area contributed by atoms with Crippen LogP contribution in [-0.2, 0) is 17.6 Å². The third-order valence-corrected chi connectivity index (χ3v) is 6.59. The molecule has 1 N–H and O–H groups in total. The van der Waals surface area contributed by atoms with E-state index in [1.807, 2.05) is 37.3 Å². The minimum Gasteiger partial charge on any atom is -0.316 e. The molecule has 3 aromatic rings. The number of carbonyl (C=O) groups excluding carboxylic acids is 1. The standard InChI is InChI=1S/C19H17N5OS2/c1-12(26-19-21-11-24(23-19)13-6-3-2-4-7-13)17(25)22-18-15(10-20)14-8-5-9-16(14)27-18/h2-4,6-7,11-12H,5,8-9H2,1H3,(H,22,25)/t12-/m0/s1. The van der Waals surface area contributed by atoms with Gasteiger partial charge in [0, 0.05) is 4.88 Å². The van der Waals surface area contributed by atoms with Crippen LogP contribution in [0.25, 0.3) is 5.69 Å². The van der Waals surface area contributed by atoms with Gasteiger partial charge in [0.05, 0.1) is 16.5 Å². The number of thiophene rings is 1. The number of carbonyl (C=O) groups is 1. The second kappa shape index (κ2) is 7.55. The first-order chi connectivity index (χ1) is 13.2. The summed E-state index contributed by atoms with van der Waals surface area (Å²) in [7, 11) is 0. The van der Waals surface area contributed by atoms with E-state index in [4.69, 9.17) is 0 Å². The zero-order chi connectivity index (χ0) is 18.8. The monoisotopic (exact) mass is 395 g/mol. The summed E-state index contributed by atoms with van der Waals surface area (Å²) >= 11 is 2.82. The highest BCUT2D eigenvalue weighted by Gasteiger charge is 2.25. The maximum Gasteiger partial charge on any atom is 0.238 e. The average Bonchev–Trinajstić information content (AvgIpc) is 3.38. The summed E-state index contributed by atoms with van der Waals surface area (Å²) < 4.78 is 1.69. The third kappa shape index (κ3) is 3.61. The van der Waals surface area contributed by atoms with E-state index < -0.39 is 0 Å². The van der Waals surface area contributed by atoms with Crippen LogP contribution < -0.4 is 5.32 Å². The summed E-state index contributed by atoms with van der Waals surface area (Å²) in [5, 5.41) is 17.6. The molecule has 0 unspecified atom stereocenters. The van der Waals surface area contributed by atoms with E-state index in [2.05, 4.69) is 21.5 Å². The van der Waals surface area contributed by atoms with Crippen molar-refractivity contribution in [2.24, 2.45) is 0 Å². The molecule has 0 radical (unpaired) electrons. The normalized spacial score (nSPS) is 13.8. The second-order valence-electron chi connectivity index (χ2n) is 6.23. The molecule has 1 aromatic carbocycles. The van der Waals surface area contributed by atoms with Gasteiger partial charge in [-0.1, -0.05) is 30.0 Å². The van der Waals surface area contributed by atoms with E-state index in [1.54, 1.807) is 11.0 Å². The van der Waals surface area contributed by atoms with Crippen LogP contribution in [0.1, 0.15) is 29.3 Å². The topological polar surface area (TPSA) is 83.6 Å². The highest BCUT2D eigenvalue weighted by molar-refractivity contribution is 8.00. The molecule has 6 nitrogen and oxygen atoms in total. The molecule has 27 heavy (non-hydrogen) atoms. The average molecular weight is 396 g/mol. The zero-order valence-corrected chi connectivity index (χ0v) is 16.3.